The zero-order chi connectivity index (χ0) is 18.9. The Morgan fingerprint density at radius 1 is 1.08 bits per heavy atom. The third kappa shape index (κ3) is 5.48. The van der Waals surface area contributed by atoms with Crippen molar-refractivity contribution in [2.75, 3.05) is 36.0 Å². The highest BCUT2D eigenvalue weighted by Gasteiger charge is 2.16. The zero-order valence-electron chi connectivity index (χ0n) is 16.5. The van der Waals surface area contributed by atoms with E-state index in [1.54, 1.807) is 11.8 Å². The van der Waals surface area contributed by atoms with Crippen LogP contribution in [0.1, 0.15) is 52.9 Å². The van der Waals surface area contributed by atoms with Crippen LogP contribution in [0.25, 0.3) is 0 Å². The summed E-state index contributed by atoms with van der Waals surface area (Å²) in [6.07, 6.45) is 5.50. The maximum absolute atomic E-state index is 12.1. The molecule has 2 amide bonds. The standard InChI is InChI=1S/C21H33N3O2/c1-4-18(5-2)21(26)22-13-16-24(17(3)25)20-11-9-19(10-12-20)23-14-7-6-8-15-23/h9-12,18H,4-8,13-16H2,1-3H3,(H,22,26). The Balaban J connectivity index is 1.94. The van der Waals surface area contributed by atoms with Gasteiger partial charge in [0.2, 0.25) is 11.8 Å². The molecule has 144 valence electrons. The van der Waals surface area contributed by atoms with Gasteiger partial charge in [-0.2, -0.15) is 0 Å². The molecule has 1 aromatic carbocycles. The Morgan fingerprint density at radius 2 is 1.69 bits per heavy atom. The van der Waals surface area contributed by atoms with Gasteiger partial charge < -0.3 is 15.1 Å². The second-order valence-corrected chi connectivity index (χ2v) is 7.04. The van der Waals surface area contributed by atoms with Gasteiger partial charge in [-0.1, -0.05) is 13.8 Å². The van der Waals surface area contributed by atoms with Gasteiger partial charge in [-0.15, -0.1) is 0 Å². The Labute approximate surface area is 157 Å². The van der Waals surface area contributed by atoms with Crippen LogP contribution in [0.3, 0.4) is 0 Å². The molecule has 1 heterocycles. The van der Waals surface area contributed by atoms with Crippen LogP contribution in [-0.2, 0) is 9.59 Å². The summed E-state index contributed by atoms with van der Waals surface area (Å²) in [7, 11) is 0. The number of rotatable bonds is 8. The van der Waals surface area contributed by atoms with Gasteiger partial charge in [-0.3, -0.25) is 9.59 Å². The fourth-order valence-corrected chi connectivity index (χ4v) is 3.56. The molecule has 0 spiro atoms. The fourth-order valence-electron chi connectivity index (χ4n) is 3.56. The van der Waals surface area contributed by atoms with Gasteiger partial charge in [-0.05, 0) is 56.4 Å². The summed E-state index contributed by atoms with van der Waals surface area (Å²) in [4.78, 5) is 28.3. The largest absolute Gasteiger partial charge is 0.372 e. The number of benzene rings is 1. The van der Waals surface area contributed by atoms with Crippen molar-refractivity contribution in [2.45, 2.75) is 52.9 Å². The monoisotopic (exact) mass is 359 g/mol. The normalized spacial score (nSPS) is 14.4. The summed E-state index contributed by atoms with van der Waals surface area (Å²) in [6, 6.07) is 8.21. The third-order valence-electron chi connectivity index (χ3n) is 5.25. The molecule has 0 aromatic heterocycles. The first kappa shape index (κ1) is 20.3. The molecule has 0 unspecified atom stereocenters. The van der Waals surface area contributed by atoms with Gasteiger partial charge in [0.15, 0.2) is 0 Å². The van der Waals surface area contributed by atoms with Crippen molar-refractivity contribution >= 4 is 23.2 Å². The Morgan fingerprint density at radius 3 is 2.23 bits per heavy atom. The molecule has 1 saturated heterocycles. The maximum atomic E-state index is 12.1. The van der Waals surface area contributed by atoms with E-state index in [-0.39, 0.29) is 17.7 Å². The van der Waals surface area contributed by atoms with E-state index < -0.39 is 0 Å². The topological polar surface area (TPSA) is 52.7 Å². The van der Waals surface area contributed by atoms with E-state index in [1.165, 1.54) is 24.9 Å². The summed E-state index contributed by atoms with van der Waals surface area (Å²) < 4.78 is 0. The smallest absolute Gasteiger partial charge is 0.223 e. The van der Waals surface area contributed by atoms with Gasteiger partial charge >= 0.3 is 0 Å². The van der Waals surface area contributed by atoms with Crippen LogP contribution < -0.4 is 15.1 Å². The van der Waals surface area contributed by atoms with E-state index in [2.05, 4.69) is 22.3 Å². The van der Waals surface area contributed by atoms with Crippen molar-refractivity contribution in [2.24, 2.45) is 5.92 Å². The molecule has 26 heavy (non-hydrogen) atoms. The van der Waals surface area contributed by atoms with E-state index in [0.717, 1.165) is 31.6 Å². The minimum atomic E-state index is -0.00694. The zero-order valence-corrected chi connectivity index (χ0v) is 16.5. The molecular formula is C21H33N3O2. The van der Waals surface area contributed by atoms with E-state index in [9.17, 15) is 9.59 Å². The summed E-state index contributed by atoms with van der Waals surface area (Å²) in [5.41, 5.74) is 2.11. The molecule has 0 bridgehead atoms. The van der Waals surface area contributed by atoms with Crippen molar-refractivity contribution in [1.82, 2.24) is 5.32 Å². The average molecular weight is 360 g/mol. The van der Waals surface area contributed by atoms with Gasteiger partial charge in [-0.25, -0.2) is 0 Å². The number of hydrogen-bond acceptors (Lipinski definition) is 3. The number of amides is 2. The maximum Gasteiger partial charge on any atom is 0.223 e. The van der Waals surface area contributed by atoms with E-state index >= 15 is 0 Å². The second-order valence-electron chi connectivity index (χ2n) is 7.04. The first-order valence-electron chi connectivity index (χ1n) is 9.97. The minimum absolute atomic E-state index is 0.00694. The Kier molecular flexibility index (Phi) is 7.95. The summed E-state index contributed by atoms with van der Waals surface area (Å²) in [5, 5.41) is 2.96. The van der Waals surface area contributed by atoms with E-state index in [1.807, 2.05) is 26.0 Å². The highest BCUT2D eigenvalue weighted by molar-refractivity contribution is 5.91. The van der Waals surface area contributed by atoms with Crippen LogP contribution in [0.15, 0.2) is 24.3 Å². The molecule has 5 heteroatoms. The SMILES string of the molecule is CCC(CC)C(=O)NCCN(C(C)=O)c1ccc(N2CCCCC2)cc1. The number of carbonyl (C=O) groups excluding carboxylic acids is 2. The van der Waals surface area contributed by atoms with E-state index in [0.29, 0.717) is 13.1 Å². The quantitative estimate of drug-likeness (QED) is 0.772. The number of piperidine rings is 1. The molecule has 0 radical (unpaired) electrons. The highest BCUT2D eigenvalue weighted by atomic mass is 16.2. The predicted molar refractivity (Wildman–Crippen MR) is 108 cm³/mol. The Bertz CT molecular complexity index is 575. The molecule has 1 N–H and O–H groups in total. The Hall–Kier alpha value is -2.04. The predicted octanol–water partition coefficient (Wildman–Crippen LogP) is 3.58. The van der Waals surface area contributed by atoms with Crippen molar-refractivity contribution in [3.8, 4) is 0 Å². The summed E-state index contributed by atoms with van der Waals surface area (Å²) in [5.74, 6) is 0.135. The first-order chi connectivity index (χ1) is 12.6. The molecule has 1 aliphatic rings. The number of nitrogens with zero attached hydrogens (tertiary/aromatic N) is 2. The molecular weight excluding hydrogens is 326 g/mol. The second kappa shape index (κ2) is 10.2. The molecule has 1 fully saturated rings. The van der Waals surface area contributed by atoms with Crippen LogP contribution in [0.5, 0.6) is 0 Å². The molecule has 5 nitrogen and oxygen atoms in total. The van der Waals surface area contributed by atoms with Crippen LogP contribution in [0, 0.1) is 5.92 Å². The molecule has 0 saturated carbocycles. The van der Waals surface area contributed by atoms with Crippen molar-refractivity contribution in [3.05, 3.63) is 24.3 Å². The van der Waals surface area contributed by atoms with Crippen molar-refractivity contribution < 1.29 is 9.59 Å². The fraction of sp³-hybridized carbons (Fsp3) is 0.619. The minimum Gasteiger partial charge on any atom is -0.372 e. The van der Waals surface area contributed by atoms with Gasteiger partial charge in [0, 0.05) is 50.4 Å². The van der Waals surface area contributed by atoms with Crippen LogP contribution in [0.2, 0.25) is 0 Å². The summed E-state index contributed by atoms with van der Waals surface area (Å²) >= 11 is 0. The van der Waals surface area contributed by atoms with E-state index in [4.69, 9.17) is 0 Å². The first-order valence-corrected chi connectivity index (χ1v) is 9.97. The third-order valence-corrected chi connectivity index (χ3v) is 5.25. The van der Waals surface area contributed by atoms with Crippen molar-refractivity contribution in [1.29, 1.82) is 0 Å². The van der Waals surface area contributed by atoms with Crippen LogP contribution >= 0.6 is 0 Å². The number of hydrogen-bond donors (Lipinski definition) is 1. The van der Waals surface area contributed by atoms with Gasteiger partial charge in [0.05, 0.1) is 0 Å². The lowest BCUT2D eigenvalue weighted by Crippen LogP contribution is -2.39. The molecule has 0 aliphatic carbocycles. The average Bonchev–Trinajstić information content (AvgIpc) is 2.67. The number of nitrogens with one attached hydrogen (secondary N) is 1. The van der Waals surface area contributed by atoms with Gasteiger partial charge in [0.25, 0.3) is 0 Å². The number of carbonyl (C=O) groups is 2. The van der Waals surface area contributed by atoms with Crippen LogP contribution in [0.4, 0.5) is 11.4 Å². The summed E-state index contributed by atoms with van der Waals surface area (Å²) in [6.45, 7) is 8.81. The lowest BCUT2D eigenvalue weighted by atomic mass is 10.0. The molecule has 1 aliphatic heterocycles. The lowest BCUT2D eigenvalue weighted by Gasteiger charge is -2.29. The highest BCUT2D eigenvalue weighted by Crippen LogP contribution is 2.23. The van der Waals surface area contributed by atoms with Crippen LogP contribution in [-0.4, -0.2) is 38.0 Å². The van der Waals surface area contributed by atoms with Gasteiger partial charge in [0.1, 0.15) is 0 Å². The van der Waals surface area contributed by atoms with Crippen molar-refractivity contribution in [3.63, 3.8) is 0 Å². The molecule has 1 aromatic rings. The molecule has 0 atom stereocenters. The lowest BCUT2D eigenvalue weighted by molar-refractivity contribution is -0.125. The molecule has 2 rings (SSSR count). The number of anilines is 2.